The van der Waals surface area contributed by atoms with Gasteiger partial charge in [-0.3, -0.25) is 0 Å². The Balaban J connectivity index is 1.29. The van der Waals surface area contributed by atoms with E-state index >= 15 is 0 Å². The fourth-order valence-electron chi connectivity index (χ4n) is 8.27. The van der Waals surface area contributed by atoms with Crippen molar-refractivity contribution in [2.75, 3.05) is 0 Å². The normalized spacial score (nSPS) is 11.5. The number of hydrogen-bond acceptors (Lipinski definition) is 0. The molecular weight excluding hydrogens is 625 g/mol. The molecule has 10 aromatic carbocycles. The van der Waals surface area contributed by atoms with Gasteiger partial charge in [-0.05, 0) is 111 Å². The molecule has 0 aliphatic carbocycles. The summed E-state index contributed by atoms with van der Waals surface area (Å²) >= 11 is 0. The van der Waals surface area contributed by atoms with Crippen LogP contribution in [0.25, 0.3) is 98.7 Å². The zero-order valence-electron chi connectivity index (χ0n) is 28.6. The van der Waals surface area contributed by atoms with Gasteiger partial charge in [0.15, 0.2) is 0 Å². The van der Waals surface area contributed by atoms with Crippen LogP contribution >= 0.6 is 0 Å². The minimum Gasteiger partial charge on any atom is -0.0622 e. The van der Waals surface area contributed by atoms with Crippen LogP contribution < -0.4 is 0 Å². The van der Waals surface area contributed by atoms with Gasteiger partial charge in [-0.1, -0.05) is 194 Å². The summed E-state index contributed by atoms with van der Waals surface area (Å²) in [6.45, 7) is 0. The first-order chi connectivity index (χ1) is 25.8. The second-order valence-electron chi connectivity index (χ2n) is 13.6. The van der Waals surface area contributed by atoms with Crippen molar-refractivity contribution in [3.05, 3.63) is 206 Å². The highest BCUT2D eigenvalue weighted by atomic mass is 14.2. The lowest BCUT2D eigenvalue weighted by Crippen LogP contribution is -1.94. The summed E-state index contributed by atoms with van der Waals surface area (Å²) in [4.78, 5) is 0. The SMILES string of the molecule is c1ccc(-c2ccc(-c3ccc(-c4ccc5ccccc5c4)c4ccccc34)c(-c3c4ccccc4c(-c4ccccc4)c4ccccc34)c2)cc1. The van der Waals surface area contributed by atoms with E-state index in [0.29, 0.717) is 0 Å². The van der Waals surface area contributed by atoms with Crippen molar-refractivity contribution < 1.29 is 0 Å². The summed E-state index contributed by atoms with van der Waals surface area (Å²) in [6, 6.07) is 75.6. The molecule has 0 aromatic heterocycles. The largest absolute Gasteiger partial charge is 0.0622 e. The monoisotopic (exact) mass is 658 g/mol. The lowest BCUT2D eigenvalue weighted by Gasteiger charge is -2.21. The van der Waals surface area contributed by atoms with Crippen molar-refractivity contribution in [2.45, 2.75) is 0 Å². The summed E-state index contributed by atoms with van der Waals surface area (Å²) in [5.74, 6) is 0. The summed E-state index contributed by atoms with van der Waals surface area (Å²) < 4.78 is 0. The second-order valence-corrected chi connectivity index (χ2v) is 13.6. The van der Waals surface area contributed by atoms with Crippen LogP contribution in [-0.2, 0) is 0 Å². The van der Waals surface area contributed by atoms with Crippen LogP contribution in [0.3, 0.4) is 0 Å². The van der Waals surface area contributed by atoms with Crippen LogP contribution in [0.15, 0.2) is 206 Å². The lowest BCUT2D eigenvalue weighted by molar-refractivity contribution is 1.59. The van der Waals surface area contributed by atoms with E-state index in [2.05, 4.69) is 206 Å². The van der Waals surface area contributed by atoms with E-state index in [0.717, 1.165) is 0 Å². The Kier molecular flexibility index (Phi) is 7.25. The molecule has 0 aliphatic rings. The van der Waals surface area contributed by atoms with Crippen LogP contribution in [0.2, 0.25) is 0 Å². The minimum atomic E-state index is 1.21. The van der Waals surface area contributed by atoms with Gasteiger partial charge in [0.25, 0.3) is 0 Å². The van der Waals surface area contributed by atoms with Gasteiger partial charge in [0.2, 0.25) is 0 Å². The van der Waals surface area contributed by atoms with E-state index in [1.165, 1.54) is 98.7 Å². The molecule has 0 aliphatic heterocycles. The van der Waals surface area contributed by atoms with Crippen LogP contribution in [0.5, 0.6) is 0 Å². The topological polar surface area (TPSA) is 0 Å². The van der Waals surface area contributed by atoms with E-state index in [4.69, 9.17) is 0 Å². The fraction of sp³-hybridized carbons (Fsp3) is 0. The molecule has 0 nitrogen and oxygen atoms in total. The molecule has 242 valence electrons. The van der Waals surface area contributed by atoms with Gasteiger partial charge >= 0.3 is 0 Å². The first-order valence-electron chi connectivity index (χ1n) is 18.0. The molecule has 10 aromatic rings. The standard InChI is InChI=1S/C52H34/c1-3-15-35(16-4-1)39-29-30-45(44-32-31-41(42-21-9-10-22-43(42)44)40-28-27-36-17-7-8-20-38(36)33-40)50(34-39)52-48-25-13-11-23-46(48)51(37-18-5-2-6-19-37)47-24-12-14-26-49(47)52/h1-34H. The van der Waals surface area contributed by atoms with E-state index < -0.39 is 0 Å². The Morgan fingerprint density at radius 2 is 0.654 bits per heavy atom. The summed E-state index contributed by atoms with van der Waals surface area (Å²) in [7, 11) is 0. The number of rotatable bonds is 5. The van der Waals surface area contributed by atoms with Crippen LogP contribution in [-0.4, -0.2) is 0 Å². The predicted molar refractivity (Wildman–Crippen MR) is 224 cm³/mol. The molecule has 10 rings (SSSR count). The van der Waals surface area contributed by atoms with E-state index in [1.807, 2.05) is 0 Å². The molecule has 52 heavy (non-hydrogen) atoms. The first-order valence-corrected chi connectivity index (χ1v) is 18.0. The fourth-order valence-corrected chi connectivity index (χ4v) is 8.27. The highest BCUT2D eigenvalue weighted by molar-refractivity contribution is 6.23. The first kappa shape index (κ1) is 30.1. The van der Waals surface area contributed by atoms with Gasteiger partial charge in [-0.15, -0.1) is 0 Å². The average molecular weight is 659 g/mol. The molecule has 0 amide bonds. The minimum absolute atomic E-state index is 1.21. The predicted octanol–water partition coefficient (Wildman–Crippen LogP) is 14.6. The third-order valence-electron chi connectivity index (χ3n) is 10.7. The Labute approximate surface area is 303 Å². The van der Waals surface area contributed by atoms with Gasteiger partial charge in [-0.2, -0.15) is 0 Å². The maximum atomic E-state index is 2.42. The summed E-state index contributed by atoms with van der Waals surface area (Å²) in [5.41, 5.74) is 12.4. The average Bonchev–Trinajstić information content (AvgIpc) is 3.22. The number of benzene rings is 10. The molecule has 0 unspecified atom stereocenters. The van der Waals surface area contributed by atoms with E-state index in [1.54, 1.807) is 0 Å². The Morgan fingerprint density at radius 1 is 0.192 bits per heavy atom. The second kappa shape index (κ2) is 12.5. The van der Waals surface area contributed by atoms with Crippen molar-refractivity contribution in [3.63, 3.8) is 0 Å². The van der Waals surface area contributed by atoms with Crippen LogP contribution in [0.1, 0.15) is 0 Å². The molecule has 0 saturated heterocycles. The van der Waals surface area contributed by atoms with Crippen molar-refractivity contribution in [2.24, 2.45) is 0 Å². The van der Waals surface area contributed by atoms with Crippen LogP contribution in [0.4, 0.5) is 0 Å². The molecule has 0 spiro atoms. The third-order valence-corrected chi connectivity index (χ3v) is 10.7. The lowest BCUT2D eigenvalue weighted by atomic mass is 9.82. The zero-order valence-corrected chi connectivity index (χ0v) is 28.6. The Morgan fingerprint density at radius 3 is 1.31 bits per heavy atom. The number of fused-ring (bicyclic) bond motifs is 4. The molecule has 0 heteroatoms. The van der Waals surface area contributed by atoms with E-state index in [-0.39, 0.29) is 0 Å². The molecule has 0 saturated carbocycles. The van der Waals surface area contributed by atoms with Gasteiger partial charge in [0.1, 0.15) is 0 Å². The highest BCUT2D eigenvalue weighted by Crippen LogP contribution is 2.48. The van der Waals surface area contributed by atoms with Gasteiger partial charge in [0, 0.05) is 0 Å². The molecule has 0 bridgehead atoms. The maximum absolute atomic E-state index is 2.42. The molecule has 0 fully saturated rings. The van der Waals surface area contributed by atoms with Crippen molar-refractivity contribution in [3.8, 4) is 55.6 Å². The van der Waals surface area contributed by atoms with Crippen molar-refractivity contribution in [1.82, 2.24) is 0 Å². The van der Waals surface area contributed by atoms with Crippen LogP contribution in [0, 0.1) is 0 Å². The maximum Gasteiger partial charge on any atom is -0.00199 e. The van der Waals surface area contributed by atoms with E-state index in [9.17, 15) is 0 Å². The molecule has 0 radical (unpaired) electrons. The highest BCUT2D eigenvalue weighted by Gasteiger charge is 2.21. The quantitative estimate of drug-likeness (QED) is 0.161. The third kappa shape index (κ3) is 5.00. The smallest absolute Gasteiger partial charge is 0.00199 e. The van der Waals surface area contributed by atoms with Gasteiger partial charge in [0.05, 0.1) is 0 Å². The van der Waals surface area contributed by atoms with Crippen molar-refractivity contribution in [1.29, 1.82) is 0 Å². The molecule has 0 atom stereocenters. The van der Waals surface area contributed by atoms with Crippen molar-refractivity contribution >= 4 is 43.1 Å². The zero-order chi connectivity index (χ0) is 34.4. The Hall–Kier alpha value is -6.76. The summed E-state index contributed by atoms with van der Waals surface area (Å²) in [6.07, 6.45) is 0. The number of hydrogen-bond donors (Lipinski definition) is 0. The Bertz CT molecular complexity index is 2880. The molecule has 0 N–H and O–H groups in total. The molecular formula is C52H34. The molecule has 0 heterocycles. The summed E-state index contributed by atoms with van der Waals surface area (Å²) in [5, 5.41) is 10.0. The van der Waals surface area contributed by atoms with Gasteiger partial charge in [-0.25, -0.2) is 0 Å². The van der Waals surface area contributed by atoms with Gasteiger partial charge < -0.3 is 0 Å².